The van der Waals surface area contributed by atoms with Crippen LogP contribution in [-0.4, -0.2) is 44.9 Å². The van der Waals surface area contributed by atoms with E-state index in [1.165, 1.54) is 0 Å². The largest absolute Gasteiger partial charge is 0.477 e. The van der Waals surface area contributed by atoms with E-state index < -0.39 is 12.1 Å². The number of aromatic nitrogens is 2. The van der Waals surface area contributed by atoms with Crippen molar-refractivity contribution in [1.29, 1.82) is 0 Å². The molecule has 1 unspecified atom stereocenters. The lowest BCUT2D eigenvalue weighted by Crippen LogP contribution is -2.36. The number of hydrogen-bond acceptors (Lipinski definition) is 5. The van der Waals surface area contributed by atoms with Crippen LogP contribution in [0.2, 0.25) is 0 Å². The number of hydrogen-bond donors (Lipinski definition) is 2. The molecule has 0 fully saturated rings. The Morgan fingerprint density at radius 3 is 3.06 bits per heavy atom. The van der Waals surface area contributed by atoms with Gasteiger partial charge < -0.3 is 19.8 Å². The van der Waals surface area contributed by atoms with Crippen LogP contribution in [0.3, 0.4) is 0 Å². The van der Waals surface area contributed by atoms with Crippen LogP contribution in [0.15, 0.2) is 23.9 Å². The van der Waals surface area contributed by atoms with Crippen molar-refractivity contribution >= 4 is 17.6 Å². The fraction of sp³-hybridized carbons (Fsp3) is 0.400. The van der Waals surface area contributed by atoms with Gasteiger partial charge in [-0.05, 0) is 0 Å². The fourth-order valence-corrected chi connectivity index (χ4v) is 1.49. The summed E-state index contributed by atoms with van der Waals surface area (Å²) in [6.07, 6.45) is 4.22. The Kier molecular flexibility index (Phi) is 3.56. The number of carbonyl (C=O) groups excluding carboxylic acids is 1. The molecule has 1 aliphatic heterocycles. The number of carbonyl (C=O) groups is 2. The minimum Gasteiger partial charge on any atom is -0.477 e. The highest BCUT2D eigenvalue weighted by Gasteiger charge is 2.31. The smallest absolute Gasteiger partial charge is 0.353 e. The average Bonchev–Trinajstić information content (AvgIpc) is 2.99. The van der Waals surface area contributed by atoms with Crippen molar-refractivity contribution in [3.8, 4) is 0 Å². The Bertz CT molecular complexity index is 468. The monoisotopic (exact) mass is 252 g/mol. The number of amides is 1. The molecule has 0 spiro atoms. The number of nitrogens with zero attached hydrogens (tertiary/aromatic N) is 3. The van der Waals surface area contributed by atoms with Crippen molar-refractivity contribution in [3.05, 3.63) is 18.7 Å². The first kappa shape index (κ1) is 12.1. The van der Waals surface area contributed by atoms with E-state index in [0.29, 0.717) is 13.1 Å². The molecule has 8 nitrogen and oxygen atoms in total. The van der Waals surface area contributed by atoms with Crippen molar-refractivity contribution in [3.63, 3.8) is 0 Å². The summed E-state index contributed by atoms with van der Waals surface area (Å²) in [5.41, 5.74) is -0.134. The molecule has 18 heavy (non-hydrogen) atoms. The second kappa shape index (κ2) is 5.30. The highest BCUT2D eigenvalue weighted by Crippen LogP contribution is 2.10. The molecule has 0 aliphatic carbocycles. The maximum absolute atomic E-state index is 11.6. The molecule has 0 saturated carbocycles. The molecular weight excluding hydrogens is 240 g/mol. The molecular formula is C10H12N4O4. The second-order valence-electron chi connectivity index (χ2n) is 3.73. The molecule has 1 amide bonds. The Hall–Kier alpha value is -2.38. The van der Waals surface area contributed by atoms with Gasteiger partial charge in [-0.3, -0.25) is 4.79 Å². The van der Waals surface area contributed by atoms with Crippen molar-refractivity contribution in [1.82, 2.24) is 14.9 Å². The number of imidazole rings is 1. The van der Waals surface area contributed by atoms with E-state index in [9.17, 15) is 9.59 Å². The Morgan fingerprint density at radius 2 is 2.44 bits per heavy atom. The summed E-state index contributed by atoms with van der Waals surface area (Å²) in [6, 6.07) is 0. The molecule has 96 valence electrons. The lowest BCUT2D eigenvalue weighted by Gasteiger charge is -2.09. The number of aliphatic carboxylic acids is 1. The maximum atomic E-state index is 11.6. The molecule has 2 rings (SSSR count). The number of carboxylic acids is 1. The van der Waals surface area contributed by atoms with Gasteiger partial charge in [0.05, 0.1) is 6.33 Å². The van der Waals surface area contributed by atoms with Gasteiger partial charge in [0.15, 0.2) is 5.71 Å². The maximum Gasteiger partial charge on any atom is 0.353 e. The van der Waals surface area contributed by atoms with Crippen molar-refractivity contribution in [2.45, 2.75) is 19.1 Å². The standard InChI is InChI=1S/C10H12N4O4/c15-9(8-5-7(10(16)17)13-18-8)12-2-4-14-3-1-11-6-14/h1,3,6,8H,2,4-5H2,(H,12,15)(H,16,17). The second-order valence-corrected chi connectivity index (χ2v) is 3.73. The van der Waals surface area contributed by atoms with Gasteiger partial charge in [0, 0.05) is 31.9 Å². The summed E-state index contributed by atoms with van der Waals surface area (Å²) in [7, 11) is 0. The molecule has 1 aromatic heterocycles. The van der Waals surface area contributed by atoms with Gasteiger partial charge in [0.2, 0.25) is 6.10 Å². The van der Waals surface area contributed by atoms with Crippen LogP contribution < -0.4 is 5.32 Å². The van der Waals surface area contributed by atoms with E-state index in [2.05, 4.69) is 15.5 Å². The van der Waals surface area contributed by atoms with Crippen molar-refractivity contribution in [2.75, 3.05) is 6.54 Å². The predicted molar refractivity (Wildman–Crippen MR) is 59.8 cm³/mol. The highest BCUT2D eigenvalue weighted by atomic mass is 16.6. The van der Waals surface area contributed by atoms with E-state index in [1.54, 1.807) is 18.7 Å². The molecule has 2 N–H and O–H groups in total. The van der Waals surface area contributed by atoms with E-state index in [4.69, 9.17) is 9.94 Å². The van der Waals surface area contributed by atoms with Crippen LogP contribution in [0, 0.1) is 0 Å². The van der Waals surface area contributed by atoms with Gasteiger partial charge in [-0.2, -0.15) is 0 Å². The highest BCUT2D eigenvalue weighted by molar-refractivity contribution is 6.36. The Balaban J connectivity index is 1.72. The van der Waals surface area contributed by atoms with Gasteiger partial charge in [-0.1, -0.05) is 5.16 Å². The lowest BCUT2D eigenvalue weighted by atomic mass is 10.2. The molecule has 2 heterocycles. The first-order valence-corrected chi connectivity index (χ1v) is 5.36. The fourth-order valence-electron chi connectivity index (χ4n) is 1.49. The van der Waals surface area contributed by atoms with Crippen LogP contribution in [0.5, 0.6) is 0 Å². The van der Waals surface area contributed by atoms with Gasteiger partial charge in [0.25, 0.3) is 5.91 Å². The Labute approximate surface area is 102 Å². The third-order valence-electron chi connectivity index (χ3n) is 2.44. The summed E-state index contributed by atoms with van der Waals surface area (Å²) in [5.74, 6) is -1.53. The SMILES string of the molecule is O=C(O)C1=NOC(C(=O)NCCn2ccnc2)C1. The van der Waals surface area contributed by atoms with E-state index in [0.717, 1.165) is 0 Å². The third kappa shape index (κ3) is 2.84. The third-order valence-corrected chi connectivity index (χ3v) is 2.44. The molecule has 1 aliphatic rings. The lowest BCUT2D eigenvalue weighted by molar-refractivity contribution is -0.131. The predicted octanol–water partition coefficient (Wildman–Crippen LogP) is -0.771. The summed E-state index contributed by atoms with van der Waals surface area (Å²) in [4.78, 5) is 30.8. The van der Waals surface area contributed by atoms with Crippen LogP contribution in [0.4, 0.5) is 0 Å². The minimum absolute atomic E-state index is 0.00770. The van der Waals surface area contributed by atoms with Crippen molar-refractivity contribution < 1.29 is 19.5 Å². The normalized spacial score (nSPS) is 18.0. The van der Waals surface area contributed by atoms with Gasteiger partial charge in [0.1, 0.15) is 0 Å². The van der Waals surface area contributed by atoms with Crippen LogP contribution in [0.25, 0.3) is 0 Å². The minimum atomic E-state index is -1.16. The first-order valence-electron chi connectivity index (χ1n) is 5.36. The molecule has 1 atom stereocenters. The first-order chi connectivity index (χ1) is 8.66. The van der Waals surface area contributed by atoms with E-state index in [-0.39, 0.29) is 18.0 Å². The molecule has 1 aromatic rings. The number of nitrogens with one attached hydrogen (secondary N) is 1. The summed E-state index contributed by atoms with van der Waals surface area (Å²) >= 11 is 0. The zero-order valence-electron chi connectivity index (χ0n) is 9.44. The van der Waals surface area contributed by atoms with Gasteiger partial charge in [-0.15, -0.1) is 0 Å². The van der Waals surface area contributed by atoms with Gasteiger partial charge >= 0.3 is 5.97 Å². The summed E-state index contributed by atoms with van der Waals surface area (Å²) in [6.45, 7) is 1.00. The number of carboxylic acid groups (broad SMARTS) is 1. The topological polar surface area (TPSA) is 106 Å². The summed E-state index contributed by atoms with van der Waals surface area (Å²) < 4.78 is 1.81. The molecule has 0 radical (unpaired) electrons. The number of oxime groups is 1. The zero-order valence-corrected chi connectivity index (χ0v) is 9.44. The van der Waals surface area contributed by atoms with Crippen LogP contribution in [-0.2, 0) is 21.0 Å². The van der Waals surface area contributed by atoms with Crippen molar-refractivity contribution in [2.24, 2.45) is 5.16 Å². The molecule has 0 bridgehead atoms. The van der Waals surface area contributed by atoms with E-state index >= 15 is 0 Å². The average molecular weight is 252 g/mol. The van der Waals surface area contributed by atoms with Crippen LogP contribution >= 0.6 is 0 Å². The summed E-state index contributed by atoms with van der Waals surface area (Å²) in [5, 5.41) is 14.6. The van der Waals surface area contributed by atoms with Gasteiger partial charge in [-0.25, -0.2) is 9.78 Å². The molecule has 0 saturated heterocycles. The number of rotatable bonds is 5. The molecule has 8 heteroatoms. The quantitative estimate of drug-likeness (QED) is 0.715. The van der Waals surface area contributed by atoms with Crippen LogP contribution in [0.1, 0.15) is 6.42 Å². The molecule has 0 aromatic carbocycles. The van der Waals surface area contributed by atoms with E-state index in [1.807, 2.05) is 4.57 Å². The zero-order chi connectivity index (χ0) is 13.0. The Morgan fingerprint density at radius 1 is 1.61 bits per heavy atom.